The molecule has 118 valence electrons. The highest BCUT2D eigenvalue weighted by Gasteiger charge is 2.27. The number of piperidine rings is 1. The van der Waals surface area contributed by atoms with Crippen molar-refractivity contribution in [3.8, 4) is 0 Å². The number of rotatable bonds is 3. The molecular weight excluding hydrogens is 296 g/mol. The molecule has 0 spiro atoms. The summed E-state index contributed by atoms with van der Waals surface area (Å²) >= 11 is 1.74. The summed E-state index contributed by atoms with van der Waals surface area (Å²) in [4.78, 5) is 7.09. The molecule has 0 aliphatic carbocycles. The van der Waals surface area contributed by atoms with Crippen molar-refractivity contribution in [2.24, 2.45) is 0 Å². The molecule has 6 nitrogen and oxygen atoms in total. The molecule has 0 aromatic carbocycles. The molecular formula is C15H22N6S. The van der Waals surface area contributed by atoms with Gasteiger partial charge in [-0.3, -0.25) is 4.90 Å². The Balaban J connectivity index is 1.38. The summed E-state index contributed by atoms with van der Waals surface area (Å²) in [5.74, 6) is 2.87. The first kappa shape index (κ1) is 14.3. The van der Waals surface area contributed by atoms with Gasteiger partial charge in [-0.15, -0.1) is 21.5 Å². The topological polar surface area (TPSA) is 58.9 Å². The predicted octanol–water partition coefficient (Wildman–Crippen LogP) is 1.53. The predicted molar refractivity (Wildman–Crippen MR) is 85.8 cm³/mol. The Morgan fingerprint density at radius 1 is 1.27 bits per heavy atom. The van der Waals surface area contributed by atoms with E-state index in [1.807, 2.05) is 0 Å². The van der Waals surface area contributed by atoms with E-state index >= 15 is 0 Å². The average molecular weight is 318 g/mol. The van der Waals surface area contributed by atoms with Crippen molar-refractivity contribution < 1.29 is 0 Å². The van der Waals surface area contributed by atoms with Crippen LogP contribution in [0.4, 0.5) is 0 Å². The minimum Gasteiger partial charge on any atom is -0.312 e. The summed E-state index contributed by atoms with van der Waals surface area (Å²) in [7, 11) is 0. The zero-order valence-corrected chi connectivity index (χ0v) is 13.8. The minimum atomic E-state index is 0.563. The summed E-state index contributed by atoms with van der Waals surface area (Å²) < 4.78 is 2.33. The standard InChI is InChI=1S/C15H22N6S/c1-11-17-13(10-22-11)9-20-5-2-12(3-6-20)15-19-18-14-8-16-4-7-21(14)15/h10,12,16H,2-9H2,1H3. The second-order valence-corrected chi connectivity index (χ2v) is 7.27. The van der Waals surface area contributed by atoms with E-state index in [0.717, 1.165) is 50.1 Å². The van der Waals surface area contributed by atoms with Gasteiger partial charge in [-0.05, 0) is 32.9 Å². The maximum atomic E-state index is 4.57. The third kappa shape index (κ3) is 2.80. The summed E-state index contributed by atoms with van der Waals surface area (Å²) in [6.07, 6.45) is 2.35. The number of nitrogens with zero attached hydrogens (tertiary/aromatic N) is 5. The molecule has 2 aromatic rings. The van der Waals surface area contributed by atoms with Gasteiger partial charge < -0.3 is 9.88 Å². The zero-order chi connectivity index (χ0) is 14.9. The van der Waals surface area contributed by atoms with Gasteiger partial charge in [-0.1, -0.05) is 0 Å². The lowest BCUT2D eigenvalue weighted by Crippen LogP contribution is -2.34. The van der Waals surface area contributed by atoms with E-state index in [0.29, 0.717) is 5.92 Å². The van der Waals surface area contributed by atoms with E-state index in [9.17, 15) is 0 Å². The summed E-state index contributed by atoms with van der Waals surface area (Å²) in [6, 6.07) is 0. The van der Waals surface area contributed by atoms with Gasteiger partial charge in [-0.2, -0.15) is 0 Å². The smallest absolute Gasteiger partial charge is 0.147 e. The van der Waals surface area contributed by atoms with Crippen LogP contribution < -0.4 is 5.32 Å². The first-order chi connectivity index (χ1) is 10.8. The molecule has 2 aliphatic heterocycles. The highest BCUT2D eigenvalue weighted by Crippen LogP contribution is 2.28. The Hall–Kier alpha value is -1.31. The van der Waals surface area contributed by atoms with Gasteiger partial charge in [0, 0.05) is 30.9 Å². The first-order valence-electron chi connectivity index (χ1n) is 8.05. The van der Waals surface area contributed by atoms with E-state index in [1.165, 1.54) is 24.4 Å². The van der Waals surface area contributed by atoms with Gasteiger partial charge in [0.15, 0.2) is 0 Å². The van der Waals surface area contributed by atoms with E-state index in [1.54, 1.807) is 11.3 Å². The molecule has 1 saturated heterocycles. The highest BCUT2D eigenvalue weighted by atomic mass is 32.1. The van der Waals surface area contributed by atoms with E-state index < -0.39 is 0 Å². The van der Waals surface area contributed by atoms with Crippen molar-refractivity contribution in [3.05, 3.63) is 27.7 Å². The van der Waals surface area contributed by atoms with Crippen LogP contribution in [-0.4, -0.2) is 44.3 Å². The summed E-state index contributed by atoms with van der Waals surface area (Å²) in [5, 5.41) is 15.5. The van der Waals surface area contributed by atoms with Gasteiger partial charge in [-0.25, -0.2) is 4.98 Å². The maximum Gasteiger partial charge on any atom is 0.147 e. The Kier molecular flexibility index (Phi) is 3.94. The lowest BCUT2D eigenvalue weighted by atomic mass is 9.95. The SMILES string of the molecule is Cc1nc(CN2CCC(c3nnc4n3CCNC4)CC2)cs1. The molecule has 0 bridgehead atoms. The fraction of sp³-hybridized carbons (Fsp3) is 0.667. The van der Waals surface area contributed by atoms with Crippen molar-refractivity contribution in [1.29, 1.82) is 0 Å². The number of fused-ring (bicyclic) bond motifs is 1. The number of nitrogens with one attached hydrogen (secondary N) is 1. The van der Waals surface area contributed by atoms with Gasteiger partial charge in [0.05, 0.1) is 17.2 Å². The fourth-order valence-corrected chi connectivity index (χ4v) is 4.08. The second-order valence-electron chi connectivity index (χ2n) is 6.21. The second kappa shape index (κ2) is 6.06. The summed E-state index contributed by atoms with van der Waals surface area (Å²) in [6.45, 7) is 8.21. The largest absolute Gasteiger partial charge is 0.312 e. The number of aryl methyl sites for hydroxylation is 1. The molecule has 2 aliphatic rings. The lowest BCUT2D eigenvalue weighted by molar-refractivity contribution is 0.198. The lowest BCUT2D eigenvalue weighted by Gasteiger charge is -2.31. The molecule has 2 aromatic heterocycles. The van der Waals surface area contributed by atoms with Gasteiger partial charge >= 0.3 is 0 Å². The van der Waals surface area contributed by atoms with Crippen LogP contribution in [0.15, 0.2) is 5.38 Å². The van der Waals surface area contributed by atoms with Crippen LogP contribution in [-0.2, 0) is 19.6 Å². The number of thiazole rings is 1. The van der Waals surface area contributed by atoms with Gasteiger partial charge in [0.2, 0.25) is 0 Å². The Morgan fingerprint density at radius 3 is 2.91 bits per heavy atom. The molecule has 0 saturated carbocycles. The quantitative estimate of drug-likeness (QED) is 0.930. The average Bonchev–Trinajstić information content (AvgIpc) is 3.14. The number of hydrogen-bond donors (Lipinski definition) is 1. The van der Waals surface area contributed by atoms with Crippen LogP contribution in [0.2, 0.25) is 0 Å². The monoisotopic (exact) mass is 318 g/mol. The molecule has 7 heteroatoms. The third-order valence-corrected chi connectivity index (χ3v) is 5.48. The summed E-state index contributed by atoms with van der Waals surface area (Å²) in [5.41, 5.74) is 1.21. The Labute approximate surface area is 134 Å². The number of aromatic nitrogens is 4. The van der Waals surface area contributed by atoms with E-state index in [2.05, 4.69) is 42.3 Å². The van der Waals surface area contributed by atoms with Crippen LogP contribution in [0.3, 0.4) is 0 Å². The molecule has 0 amide bonds. The van der Waals surface area contributed by atoms with E-state index in [4.69, 9.17) is 0 Å². The molecule has 22 heavy (non-hydrogen) atoms. The third-order valence-electron chi connectivity index (χ3n) is 4.66. The first-order valence-corrected chi connectivity index (χ1v) is 8.93. The highest BCUT2D eigenvalue weighted by molar-refractivity contribution is 7.09. The van der Waals surface area contributed by atoms with Gasteiger partial charge in [0.1, 0.15) is 11.6 Å². The van der Waals surface area contributed by atoms with Crippen molar-refractivity contribution in [2.45, 2.75) is 45.3 Å². The maximum absolute atomic E-state index is 4.57. The zero-order valence-electron chi connectivity index (χ0n) is 13.0. The van der Waals surface area contributed by atoms with Crippen molar-refractivity contribution >= 4 is 11.3 Å². The molecule has 4 heterocycles. The van der Waals surface area contributed by atoms with Gasteiger partial charge in [0.25, 0.3) is 0 Å². The molecule has 4 rings (SSSR count). The Bertz CT molecular complexity index is 640. The molecule has 0 atom stereocenters. The molecule has 0 radical (unpaired) electrons. The van der Waals surface area contributed by atoms with Crippen LogP contribution in [0.1, 0.15) is 41.1 Å². The molecule has 1 N–H and O–H groups in total. The van der Waals surface area contributed by atoms with E-state index in [-0.39, 0.29) is 0 Å². The molecule has 1 fully saturated rings. The van der Waals surface area contributed by atoms with Crippen LogP contribution in [0.5, 0.6) is 0 Å². The normalized spacial score (nSPS) is 20.2. The Morgan fingerprint density at radius 2 is 2.14 bits per heavy atom. The van der Waals surface area contributed by atoms with Crippen molar-refractivity contribution in [3.63, 3.8) is 0 Å². The number of hydrogen-bond acceptors (Lipinski definition) is 6. The molecule has 0 unspecified atom stereocenters. The van der Waals surface area contributed by atoms with Crippen molar-refractivity contribution in [1.82, 2.24) is 30.0 Å². The number of likely N-dealkylation sites (tertiary alicyclic amines) is 1. The van der Waals surface area contributed by atoms with Crippen molar-refractivity contribution in [2.75, 3.05) is 19.6 Å². The minimum absolute atomic E-state index is 0.563. The van der Waals surface area contributed by atoms with Crippen LogP contribution in [0, 0.1) is 6.92 Å². The van der Waals surface area contributed by atoms with Crippen LogP contribution >= 0.6 is 11.3 Å². The van der Waals surface area contributed by atoms with Crippen LogP contribution in [0.25, 0.3) is 0 Å². The fourth-order valence-electron chi connectivity index (χ4n) is 3.48.